The topological polar surface area (TPSA) is 73.3 Å². The van der Waals surface area contributed by atoms with Crippen molar-refractivity contribution in [2.75, 3.05) is 52.8 Å². The van der Waals surface area contributed by atoms with Gasteiger partial charge in [0.25, 0.3) is 11.7 Å². The lowest BCUT2D eigenvalue weighted by atomic mass is 9.94. The van der Waals surface area contributed by atoms with Crippen molar-refractivity contribution in [2.45, 2.75) is 26.3 Å². The lowest BCUT2D eigenvalue weighted by Gasteiger charge is -2.26. The maximum Gasteiger partial charge on any atom is 0.295 e. The lowest BCUT2D eigenvalue weighted by molar-refractivity contribution is -0.139. The van der Waals surface area contributed by atoms with Crippen LogP contribution >= 0.6 is 0 Å². The number of carbonyl (C=O) groups excluding carboxylic acids is 2. The van der Waals surface area contributed by atoms with Crippen LogP contribution in [0.3, 0.4) is 0 Å². The zero-order valence-corrected chi connectivity index (χ0v) is 21.0. The van der Waals surface area contributed by atoms with Crippen molar-refractivity contribution in [3.8, 4) is 5.75 Å². The van der Waals surface area contributed by atoms with E-state index in [1.807, 2.05) is 76.1 Å². The molecule has 7 heteroatoms. The van der Waals surface area contributed by atoms with Gasteiger partial charge in [-0.2, -0.15) is 0 Å². The van der Waals surface area contributed by atoms with Crippen LogP contribution in [-0.4, -0.2) is 74.5 Å². The Morgan fingerprint density at radius 3 is 2.29 bits per heavy atom. The van der Waals surface area contributed by atoms with Crippen molar-refractivity contribution in [2.24, 2.45) is 0 Å². The third kappa shape index (κ3) is 5.25. The van der Waals surface area contributed by atoms with Gasteiger partial charge in [-0.1, -0.05) is 12.1 Å². The van der Waals surface area contributed by atoms with Crippen LogP contribution in [0.4, 0.5) is 5.69 Å². The quantitative estimate of drug-likeness (QED) is 0.345. The molecule has 3 rings (SSSR count). The first-order valence-corrected chi connectivity index (χ1v) is 11.6. The summed E-state index contributed by atoms with van der Waals surface area (Å²) < 4.78 is 5.60. The van der Waals surface area contributed by atoms with Crippen LogP contribution in [0.25, 0.3) is 5.76 Å². The molecule has 0 aliphatic carbocycles. The van der Waals surface area contributed by atoms with Crippen LogP contribution in [-0.2, 0) is 9.59 Å². The van der Waals surface area contributed by atoms with Gasteiger partial charge in [-0.25, -0.2) is 0 Å². The van der Waals surface area contributed by atoms with Gasteiger partial charge >= 0.3 is 0 Å². The van der Waals surface area contributed by atoms with E-state index >= 15 is 0 Å². The number of benzene rings is 2. The molecule has 1 aliphatic heterocycles. The summed E-state index contributed by atoms with van der Waals surface area (Å²) in [6, 6.07) is 12.4. The number of aliphatic hydroxyl groups is 1. The number of rotatable bonds is 9. The Labute approximate surface area is 202 Å². The van der Waals surface area contributed by atoms with Gasteiger partial charge in [0.2, 0.25) is 0 Å². The third-order valence-electron chi connectivity index (χ3n) is 6.02. The highest BCUT2D eigenvalue weighted by Gasteiger charge is 2.45. The van der Waals surface area contributed by atoms with Crippen molar-refractivity contribution in [3.05, 3.63) is 64.7 Å². The SMILES string of the molecule is CCOc1ccc(/C(O)=C2/C(=O)C(=O)N(CCCN(C)C)C2c2ccc(N(C)C)cc2)cc1C. The molecule has 182 valence electrons. The van der Waals surface area contributed by atoms with Crippen molar-refractivity contribution in [1.82, 2.24) is 9.80 Å². The molecular formula is C27H35N3O4. The molecule has 1 saturated heterocycles. The summed E-state index contributed by atoms with van der Waals surface area (Å²) in [6.07, 6.45) is 0.717. The Hall–Kier alpha value is -3.32. The van der Waals surface area contributed by atoms with Crippen LogP contribution in [0.5, 0.6) is 5.75 Å². The number of aliphatic hydroxyl groups excluding tert-OH is 1. The predicted molar refractivity (Wildman–Crippen MR) is 135 cm³/mol. The first kappa shape index (κ1) is 25.3. The summed E-state index contributed by atoms with van der Waals surface area (Å²) in [5.41, 5.74) is 3.26. The number of nitrogens with zero attached hydrogens (tertiary/aromatic N) is 3. The van der Waals surface area contributed by atoms with Gasteiger partial charge in [0, 0.05) is 31.9 Å². The van der Waals surface area contributed by atoms with E-state index in [4.69, 9.17) is 4.74 Å². The largest absolute Gasteiger partial charge is 0.507 e. The molecule has 2 aromatic carbocycles. The summed E-state index contributed by atoms with van der Waals surface area (Å²) >= 11 is 0. The number of anilines is 1. The van der Waals surface area contributed by atoms with Gasteiger partial charge in [-0.05, 0) is 82.4 Å². The second-order valence-corrected chi connectivity index (χ2v) is 9.05. The number of hydrogen-bond donors (Lipinski definition) is 1. The highest BCUT2D eigenvalue weighted by molar-refractivity contribution is 6.46. The average molecular weight is 466 g/mol. The molecule has 0 radical (unpaired) electrons. The molecule has 1 aliphatic rings. The summed E-state index contributed by atoms with van der Waals surface area (Å²) in [5, 5.41) is 11.3. The smallest absolute Gasteiger partial charge is 0.295 e. The van der Waals surface area contributed by atoms with Crippen molar-refractivity contribution in [1.29, 1.82) is 0 Å². The molecule has 0 spiro atoms. The highest BCUT2D eigenvalue weighted by Crippen LogP contribution is 2.40. The average Bonchev–Trinajstić information content (AvgIpc) is 3.05. The predicted octanol–water partition coefficient (Wildman–Crippen LogP) is 3.83. The zero-order chi connectivity index (χ0) is 25.0. The molecule has 1 heterocycles. The number of ether oxygens (including phenoxy) is 1. The van der Waals surface area contributed by atoms with Gasteiger partial charge in [-0.3, -0.25) is 9.59 Å². The number of carbonyl (C=O) groups is 2. The molecule has 7 nitrogen and oxygen atoms in total. The van der Waals surface area contributed by atoms with E-state index in [0.29, 0.717) is 25.1 Å². The molecule has 1 unspecified atom stereocenters. The molecule has 1 amide bonds. The van der Waals surface area contributed by atoms with E-state index in [1.54, 1.807) is 23.1 Å². The van der Waals surface area contributed by atoms with E-state index < -0.39 is 17.7 Å². The van der Waals surface area contributed by atoms with Crippen LogP contribution < -0.4 is 9.64 Å². The fraction of sp³-hybridized carbons (Fsp3) is 0.407. The normalized spacial score (nSPS) is 17.5. The summed E-state index contributed by atoms with van der Waals surface area (Å²) in [5.74, 6) is -0.680. The van der Waals surface area contributed by atoms with Crippen molar-refractivity contribution < 1.29 is 19.4 Å². The first-order chi connectivity index (χ1) is 16.1. The highest BCUT2D eigenvalue weighted by atomic mass is 16.5. The van der Waals surface area contributed by atoms with Gasteiger partial charge in [0.1, 0.15) is 11.5 Å². The van der Waals surface area contributed by atoms with E-state index in [-0.39, 0.29) is 11.3 Å². The number of amides is 1. The molecule has 34 heavy (non-hydrogen) atoms. The number of hydrogen-bond acceptors (Lipinski definition) is 6. The molecule has 1 N–H and O–H groups in total. The standard InChI is InChI=1S/C27H35N3O4/c1-7-34-22-14-11-20(17-18(22)2)25(31)23-24(19-9-12-21(13-10-19)29(5)6)30(27(33)26(23)32)16-8-15-28(3)4/h9-14,17,24,31H,7-8,15-16H2,1-6H3/b25-23-. The third-order valence-corrected chi connectivity index (χ3v) is 6.02. The minimum absolute atomic E-state index is 0.121. The monoisotopic (exact) mass is 465 g/mol. The molecule has 2 aromatic rings. The summed E-state index contributed by atoms with van der Waals surface area (Å²) in [4.78, 5) is 31.9. The van der Waals surface area contributed by atoms with E-state index in [1.165, 1.54) is 0 Å². The molecule has 1 atom stereocenters. The zero-order valence-electron chi connectivity index (χ0n) is 21.0. The number of ketones is 1. The first-order valence-electron chi connectivity index (χ1n) is 11.6. The van der Waals surface area contributed by atoms with E-state index in [9.17, 15) is 14.7 Å². The van der Waals surface area contributed by atoms with E-state index in [0.717, 1.165) is 29.1 Å². The Kier molecular flexibility index (Phi) is 7.99. The maximum atomic E-state index is 13.2. The number of likely N-dealkylation sites (tertiary alicyclic amines) is 1. The van der Waals surface area contributed by atoms with Crippen molar-refractivity contribution in [3.63, 3.8) is 0 Å². The Morgan fingerprint density at radius 1 is 1.06 bits per heavy atom. The van der Waals surface area contributed by atoms with Gasteiger partial charge in [-0.15, -0.1) is 0 Å². The Morgan fingerprint density at radius 2 is 1.74 bits per heavy atom. The minimum atomic E-state index is -0.657. The molecule has 1 fully saturated rings. The number of aryl methyl sites for hydroxylation is 1. The molecule has 0 saturated carbocycles. The number of Topliss-reactive ketones (excluding diaryl/α,β-unsaturated/α-hetero) is 1. The lowest BCUT2D eigenvalue weighted by Crippen LogP contribution is -2.32. The minimum Gasteiger partial charge on any atom is -0.507 e. The fourth-order valence-electron chi connectivity index (χ4n) is 4.24. The van der Waals surface area contributed by atoms with Gasteiger partial charge < -0.3 is 24.5 Å². The van der Waals surface area contributed by atoms with Crippen LogP contribution in [0.2, 0.25) is 0 Å². The molecule has 0 bridgehead atoms. The maximum absolute atomic E-state index is 13.2. The van der Waals surface area contributed by atoms with E-state index in [2.05, 4.69) is 0 Å². The summed E-state index contributed by atoms with van der Waals surface area (Å²) in [7, 11) is 7.85. The molecule has 0 aromatic heterocycles. The van der Waals surface area contributed by atoms with Crippen LogP contribution in [0.15, 0.2) is 48.0 Å². The van der Waals surface area contributed by atoms with Crippen LogP contribution in [0, 0.1) is 6.92 Å². The fourth-order valence-corrected chi connectivity index (χ4v) is 4.24. The summed E-state index contributed by atoms with van der Waals surface area (Å²) in [6.45, 7) is 5.54. The van der Waals surface area contributed by atoms with Gasteiger partial charge in [0.15, 0.2) is 0 Å². The van der Waals surface area contributed by atoms with Crippen LogP contribution in [0.1, 0.15) is 36.1 Å². The Balaban J connectivity index is 2.09. The second-order valence-electron chi connectivity index (χ2n) is 9.05. The second kappa shape index (κ2) is 10.7. The van der Waals surface area contributed by atoms with Gasteiger partial charge in [0.05, 0.1) is 18.2 Å². The molecular weight excluding hydrogens is 430 g/mol. The Bertz CT molecular complexity index is 1070. The van der Waals surface area contributed by atoms with Crippen molar-refractivity contribution >= 4 is 23.1 Å².